The second kappa shape index (κ2) is 9.18. The van der Waals surface area contributed by atoms with E-state index in [0.717, 1.165) is 22.3 Å². The number of para-hydroxylation sites is 1. The number of hydrogen-bond acceptors (Lipinski definition) is 3. The summed E-state index contributed by atoms with van der Waals surface area (Å²) >= 11 is 0. The molecule has 0 spiro atoms. The number of aromatic nitrogens is 1. The van der Waals surface area contributed by atoms with Crippen molar-refractivity contribution in [2.24, 2.45) is 0 Å². The molecule has 0 amide bonds. The molecule has 0 bridgehead atoms. The van der Waals surface area contributed by atoms with Crippen LogP contribution in [0.3, 0.4) is 0 Å². The number of rotatable bonds is 8. The number of aliphatic hydroxyl groups excluding tert-OH is 1. The minimum absolute atomic E-state index is 0.0851. The molecule has 0 aliphatic rings. The van der Waals surface area contributed by atoms with Crippen LogP contribution in [0.5, 0.6) is 0 Å². The molecule has 6 nitrogen and oxygen atoms in total. The van der Waals surface area contributed by atoms with Gasteiger partial charge < -0.3 is 19.7 Å². The Morgan fingerprint density at radius 3 is 2.42 bits per heavy atom. The van der Waals surface area contributed by atoms with Crippen LogP contribution in [0.15, 0.2) is 54.3 Å². The highest BCUT2D eigenvalue weighted by molar-refractivity contribution is 7.61. The van der Waals surface area contributed by atoms with Crippen LogP contribution in [0.1, 0.15) is 37.4 Å². The highest BCUT2D eigenvalue weighted by atomic mass is 31.2. The molecule has 2 atom stereocenters. The van der Waals surface area contributed by atoms with Crippen molar-refractivity contribution in [1.29, 1.82) is 0 Å². The Morgan fingerprint density at radius 1 is 1.16 bits per heavy atom. The van der Waals surface area contributed by atoms with E-state index in [-0.39, 0.29) is 11.7 Å². The largest absolute Gasteiger partial charge is 0.481 e. The number of carboxylic acids is 1. The number of carboxylic acid groups (broad SMARTS) is 1. The van der Waals surface area contributed by atoms with Crippen LogP contribution in [0.4, 0.5) is 4.39 Å². The van der Waals surface area contributed by atoms with Crippen molar-refractivity contribution >= 4 is 30.3 Å². The van der Waals surface area contributed by atoms with Gasteiger partial charge in [0.1, 0.15) is 5.82 Å². The predicted molar refractivity (Wildman–Crippen MR) is 119 cm³/mol. The fraction of sp³-hybridized carbons (Fsp3) is 0.261. The number of aliphatic carboxylic acids is 1. The fourth-order valence-corrected chi connectivity index (χ4v) is 4.97. The van der Waals surface area contributed by atoms with Gasteiger partial charge in [0.05, 0.1) is 29.9 Å². The van der Waals surface area contributed by atoms with Gasteiger partial charge in [-0.1, -0.05) is 32.0 Å². The van der Waals surface area contributed by atoms with Crippen LogP contribution in [-0.2, 0) is 9.36 Å². The maximum absolute atomic E-state index is 13.5. The van der Waals surface area contributed by atoms with Crippen LogP contribution >= 0.6 is 7.37 Å². The quantitative estimate of drug-likeness (QED) is 0.425. The highest BCUT2D eigenvalue weighted by Gasteiger charge is 2.24. The zero-order valence-electron chi connectivity index (χ0n) is 17.3. The molecule has 0 fully saturated rings. The molecule has 1 unspecified atom stereocenters. The zero-order valence-corrected chi connectivity index (χ0v) is 18.2. The van der Waals surface area contributed by atoms with Gasteiger partial charge in [-0.05, 0) is 47.9 Å². The summed E-state index contributed by atoms with van der Waals surface area (Å²) < 4.78 is 28.0. The molecule has 8 heteroatoms. The summed E-state index contributed by atoms with van der Waals surface area (Å²) in [6.45, 7) is 4.03. The number of halogens is 1. The third kappa shape index (κ3) is 5.31. The molecule has 0 aliphatic heterocycles. The van der Waals surface area contributed by atoms with Crippen LogP contribution in [0.2, 0.25) is 0 Å². The van der Waals surface area contributed by atoms with E-state index in [1.807, 2.05) is 42.7 Å². The van der Waals surface area contributed by atoms with E-state index < -0.39 is 32.0 Å². The number of aliphatic hydroxyl groups is 1. The van der Waals surface area contributed by atoms with Crippen molar-refractivity contribution in [2.75, 3.05) is 6.16 Å². The smallest absolute Gasteiger partial charge is 0.305 e. The van der Waals surface area contributed by atoms with Crippen molar-refractivity contribution in [2.45, 2.75) is 32.3 Å². The molecule has 164 valence electrons. The molecule has 0 radical (unpaired) electrons. The maximum Gasteiger partial charge on any atom is 0.305 e. The van der Waals surface area contributed by atoms with Crippen molar-refractivity contribution < 1.29 is 28.9 Å². The van der Waals surface area contributed by atoms with E-state index in [0.29, 0.717) is 11.4 Å². The average molecular weight is 445 g/mol. The molecule has 31 heavy (non-hydrogen) atoms. The van der Waals surface area contributed by atoms with Crippen molar-refractivity contribution in [3.8, 4) is 5.69 Å². The van der Waals surface area contributed by atoms with Gasteiger partial charge in [-0.2, -0.15) is 0 Å². The third-order valence-electron chi connectivity index (χ3n) is 4.96. The molecule has 0 saturated carbocycles. The standard InChI is InChI=1S/C23H25FNO5P/c1-15(2)23-19-5-3-4-6-20(19)25(17-9-7-16(24)8-10-17)21(23)11-12-31(29,30)14-18(26)13-22(27)28/h3-12,15,18,26H,13-14H2,1-2H3,(H,27,28)(H,29,30)/b12-11+/t18-/m0/s1. The maximum atomic E-state index is 13.5. The monoisotopic (exact) mass is 445 g/mol. The molecule has 1 heterocycles. The first-order valence-electron chi connectivity index (χ1n) is 9.89. The zero-order chi connectivity index (χ0) is 22.8. The molecule has 1 aromatic heterocycles. The molecular weight excluding hydrogens is 420 g/mol. The van der Waals surface area contributed by atoms with Gasteiger partial charge in [-0.25, -0.2) is 4.39 Å². The van der Waals surface area contributed by atoms with Crippen molar-refractivity contribution in [1.82, 2.24) is 4.57 Å². The Balaban J connectivity index is 2.14. The third-order valence-corrected chi connectivity index (χ3v) is 6.52. The topological polar surface area (TPSA) is 99.8 Å². The summed E-state index contributed by atoms with van der Waals surface area (Å²) in [7, 11) is -3.95. The molecular formula is C23H25FNO5P. The summed E-state index contributed by atoms with van der Waals surface area (Å²) in [6.07, 6.45) is -1.05. The lowest BCUT2D eigenvalue weighted by atomic mass is 9.99. The Labute approximate surface area is 179 Å². The van der Waals surface area contributed by atoms with Gasteiger partial charge >= 0.3 is 5.97 Å². The molecule has 0 aliphatic carbocycles. The van der Waals surface area contributed by atoms with Crippen LogP contribution in [0, 0.1) is 5.82 Å². The average Bonchev–Trinajstić information content (AvgIpc) is 3.00. The van der Waals surface area contributed by atoms with E-state index in [1.54, 1.807) is 12.1 Å². The lowest BCUT2D eigenvalue weighted by Crippen LogP contribution is -2.17. The molecule has 2 aromatic carbocycles. The first-order valence-corrected chi connectivity index (χ1v) is 11.8. The molecule has 0 saturated heterocycles. The Bertz CT molecular complexity index is 1170. The van der Waals surface area contributed by atoms with Gasteiger partial charge in [-0.15, -0.1) is 0 Å². The van der Waals surface area contributed by atoms with Gasteiger partial charge in [0.25, 0.3) is 0 Å². The summed E-state index contributed by atoms with van der Waals surface area (Å²) in [5.74, 6) is -0.386. The second-order valence-corrected chi connectivity index (χ2v) is 9.96. The van der Waals surface area contributed by atoms with E-state index in [1.165, 1.54) is 18.2 Å². The first-order chi connectivity index (χ1) is 14.6. The van der Waals surface area contributed by atoms with E-state index in [2.05, 4.69) is 0 Å². The lowest BCUT2D eigenvalue weighted by molar-refractivity contribution is -0.138. The van der Waals surface area contributed by atoms with Crippen LogP contribution < -0.4 is 0 Å². The van der Waals surface area contributed by atoms with E-state index in [4.69, 9.17) is 5.11 Å². The van der Waals surface area contributed by atoms with Gasteiger partial charge in [0.15, 0.2) is 0 Å². The second-order valence-electron chi connectivity index (χ2n) is 7.79. The van der Waals surface area contributed by atoms with E-state index >= 15 is 0 Å². The number of hydrogen-bond donors (Lipinski definition) is 3. The summed E-state index contributed by atoms with van der Waals surface area (Å²) in [5, 5.41) is 19.5. The Kier molecular flexibility index (Phi) is 6.80. The first kappa shape index (κ1) is 22.9. The minimum Gasteiger partial charge on any atom is -0.481 e. The van der Waals surface area contributed by atoms with Crippen molar-refractivity contribution in [3.05, 3.63) is 71.4 Å². The summed E-state index contributed by atoms with van der Waals surface area (Å²) in [5.41, 5.74) is 3.20. The van der Waals surface area contributed by atoms with Crippen molar-refractivity contribution in [3.63, 3.8) is 0 Å². The number of benzene rings is 2. The SMILES string of the molecule is CC(C)c1c(/C=C/P(=O)(O)C[C@@H](O)CC(=O)O)n(-c2ccc(F)cc2)c2ccccc12. The van der Waals surface area contributed by atoms with Crippen LogP contribution in [-0.4, -0.2) is 37.9 Å². The van der Waals surface area contributed by atoms with Gasteiger partial charge in [0, 0.05) is 16.9 Å². The summed E-state index contributed by atoms with van der Waals surface area (Å²) in [6, 6.07) is 13.7. The van der Waals surface area contributed by atoms with Gasteiger partial charge in [0.2, 0.25) is 7.37 Å². The highest BCUT2D eigenvalue weighted by Crippen LogP contribution is 2.45. The number of carbonyl (C=O) groups is 1. The molecule has 3 aromatic rings. The number of nitrogens with zero attached hydrogens (tertiary/aromatic N) is 1. The lowest BCUT2D eigenvalue weighted by Gasteiger charge is -2.14. The number of fused-ring (bicyclic) bond motifs is 1. The molecule has 3 rings (SSSR count). The Morgan fingerprint density at radius 2 is 1.81 bits per heavy atom. The van der Waals surface area contributed by atoms with Crippen LogP contribution in [0.25, 0.3) is 22.7 Å². The fourth-order valence-electron chi connectivity index (χ4n) is 3.74. The predicted octanol–water partition coefficient (Wildman–Crippen LogP) is 4.97. The Hall–Kier alpha value is -2.73. The van der Waals surface area contributed by atoms with Gasteiger partial charge in [-0.3, -0.25) is 9.36 Å². The minimum atomic E-state index is -3.95. The normalized spacial score (nSPS) is 14.9. The van der Waals surface area contributed by atoms with E-state index in [9.17, 15) is 23.7 Å². The molecule has 3 N–H and O–H groups in total. The summed E-state index contributed by atoms with van der Waals surface area (Å²) in [4.78, 5) is 21.1.